The van der Waals surface area contributed by atoms with E-state index in [-0.39, 0.29) is 17.7 Å². The first-order valence-electron chi connectivity index (χ1n) is 10.7. The van der Waals surface area contributed by atoms with Crippen molar-refractivity contribution < 1.29 is 49.7 Å². The van der Waals surface area contributed by atoms with Crippen molar-refractivity contribution in [3.05, 3.63) is 77.1 Å². The topological polar surface area (TPSA) is 38.7 Å². The number of unbranched alkanes of at least 4 members (excludes halogenated alkanes) is 2. The van der Waals surface area contributed by atoms with Crippen LogP contribution >= 0.6 is 0 Å². The number of halogens is 8. The summed E-state index contributed by atoms with van der Waals surface area (Å²) >= 11 is 0. The standard InChI is InChI=1S/C25H20F8O3/c1-2-3-4-5-14-6-8-15(9-7-14)21-19(34)13-18(27)22(23(21)28)24(29,30)35-16-10-11-20(17(26)12-16)36-25(31,32)33/h6-13,34H,2-5H2,1H3. The van der Waals surface area contributed by atoms with Gasteiger partial charge in [-0.05, 0) is 36.1 Å². The van der Waals surface area contributed by atoms with Gasteiger partial charge in [-0.3, -0.25) is 0 Å². The fraction of sp³-hybridized carbons (Fsp3) is 0.280. The van der Waals surface area contributed by atoms with Crippen LogP contribution in [0.25, 0.3) is 11.1 Å². The molecule has 0 unspecified atom stereocenters. The monoisotopic (exact) mass is 520 g/mol. The maximum Gasteiger partial charge on any atom is 0.573 e. The molecule has 0 aliphatic carbocycles. The van der Waals surface area contributed by atoms with Gasteiger partial charge in [-0.15, -0.1) is 13.2 Å². The van der Waals surface area contributed by atoms with E-state index in [1.165, 1.54) is 12.1 Å². The molecule has 0 aromatic heterocycles. The summed E-state index contributed by atoms with van der Waals surface area (Å²) in [5, 5.41) is 10.1. The van der Waals surface area contributed by atoms with Crippen molar-refractivity contribution in [2.75, 3.05) is 0 Å². The molecule has 3 aromatic carbocycles. The van der Waals surface area contributed by atoms with Crippen LogP contribution in [0.15, 0.2) is 48.5 Å². The Morgan fingerprint density at radius 1 is 0.806 bits per heavy atom. The molecule has 0 saturated carbocycles. The summed E-state index contributed by atoms with van der Waals surface area (Å²) in [6, 6.07) is 7.30. The fourth-order valence-electron chi connectivity index (χ4n) is 3.52. The number of ether oxygens (including phenoxy) is 2. The van der Waals surface area contributed by atoms with E-state index < -0.39 is 58.3 Å². The Morgan fingerprint density at radius 2 is 1.47 bits per heavy atom. The molecule has 11 heteroatoms. The van der Waals surface area contributed by atoms with Crippen molar-refractivity contribution in [3.8, 4) is 28.4 Å². The molecule has 0 aliphatic rings. The average molecular weight is 520 g/mol. The first kappa shape index (κ1) is 27.1. The van der Waals surface area contributed by atoms with Gasteiger partial charge in [0.2, 0.25) is 0 Å². The maximum absolute atomic E-state index is 15.2. The smallest absolute Gasteiger partial charge is 0.507 e. The van der Waals surface area contributed by atoms with Gasteiger partial charge in [0.05, 0.1) is 5.56 Å². The van der Waals surface area contributed by atoms with Gasteiger partial charge in [-0.1, -0.05) is 44.0 Å². The van der Waals surface area contributed by atoms with E-state index in [1.807, 2.05) is 6.92 Å². The molecule has 0 saturated heterocycles. The predicted octanol–water partition coefficient (Wildman–Crippen LogP) is 8.24. The summed E-state index contributed by atoms with van der Waals surface area (Å²) in [4.78, 5) is 0. The third-order valence-corrected chi connectivity index (χ3v) is 5.18. The lowest BCUT2D eigenvalue weighted by Crippen LogP contribution is -2.25. The molecule has 3 nitrogen and oxygen atoms in total. The number of rotatable bonds is 9. The second-order valence-electron chi connectivity index (χ2n) is 7.85. The highest BCUT2D eigenvalue weighted by atomic mass is 19.4. The van der Waals surface area contributed by atoms with E-state index in [0.29, 0.717) is 12.1 Å². The van der Waals surface area contributed by atoms with E-state index in [4.69, 9.17) is 0 Å². The molecule has 0 spiro atoms. The van der Waals surface area contributed by atoms with Gasteiger partial charge in [-0.25, -0.2) is 13.2 Å². The van der Waals surface area contributed by atoms with Crippen LogP contribution in [-0.4, -0.2) is 11.5 Å². The van der Waals surface area contributed by atoms with Gasteiger partial charge in [-0.2, -0.15) is 8.78 Å². The van der Waals surface area contributed by atoms with Crippen molar-refractivity contribution in [3.63, 3.8) is 0 Å². The van der Waals surface area contributed by atoms with Crippen LogP contribution in [0.2, 0.25) is 0 Å². The highest BCUT2D eigenvalue weighted by Gasteiger charge is 2.43. The summed E-state index contributed by atoms with van der Waals surface area (Å²) < 4.78 is 117. The van der Waals surface area contributed by atoms with Gasteiger partial charge in [0.15, 0.2) is 17.4 Å². The summed E-state index contributed by atoms with van der Waals surface area (Å²) in [6.45, 7) is 2.04. The molecule has 0 amide bonds. The van der Waals surface area contributed by atoms with E-state index in [0.717, 1.165) is 31.2 Å². The predicted molar refractivity (Wildman–Crippen MR) is 114 cm³/mol. The number of alkyl halides is 5. The molecule has 1 N–H and O–H groups in total. The molecular weight excluding hydrogens is 500 g/mol. The molecule has 0 fully saturated rings. The lowest BCUT2D eigenvalue weighted by Gasteiger charge is -2.21. The molecule has 0 radical (unpaired) electrons. The quantitative estimate of drug-likeness (QED) is 0.228. The molecule has 194 valence electrons. The van der Waals surface area contributed by atoms with Gasteiger partial charge >= 0.3 is 12.5 Å². The molecule has 3 rings (SSSR count). The minimum atomic E-state index is -5.24. The van der Waals surface area contributed by atoms with Crippen molar-refractivity contribution in [1.29, 1.82) is 0 Å². The Kier molecular flexibility index (Phi) is 8.00. The number of aryl methyl sites for hydroxylation is 1. The van der Waals surface area contributed by atoms with Crippen LogP contribution in [0.4, 0.5) is 35.1 Å². The molecule has 3 aromatic rings. The molecular formula is C25H20F8O3. The molecule has 0 aliphatic heterocycles. The van der Waals surface area contributed by atoms with Crippen molar-refractivity contribution in [2.45, 2.75) is 45.1 Å². The largest absolute Gasteiger partial charge is 0.573 e. The zero-order chi connectivity index (χ0) is 26.7. The van der Waals surface area contributed by atoms with E-state index in [2.05, 4.69) is 9.47 Å². The van der Waals surface area contributed by atoms with Crippen LogP contribution < -0.4 is 9.47 Å². The Bertz CT molecular complexity index is 1210. The van der Waals surface area contributed by atoms with Crippen LogP contribution in [-0.2, 0) is 12.5 Å². The summed E-state index contributed by atoms with van der Waals surface area (Å²) in [5.41, 5.74) is -1.71. The van der Waals surface area contributed by atoms with Crippen molar-refractivity contribution in [2.24, 2.45) is 0 Å². The van der Waals surface area contributed by atoms with Crippen LogP contribution in [0.5, 0.6) is 17.2 Å². The van der Waals surface area contributed by atoms with Crippen LogP contribution in [0.1, 0.15) is 37.3 Å². The maximum atomic E-state index is 15.2. The first-order valence-corrected chi connectivity index (χ1v) is 10.7. The zero-order valence-corrected chi connectivity index (χ0v) is 18.7. The number of benzene rings is 3. The lowest BCUT2D eigenvalue weighted by molar-refractivity contribution is -0.275. The van der Waals surface area contributed by atoms with Crippen molar-refractivity contribution in [1.82, 2.24) is 0 Å². The van der Waals surface area contributed by atoms with Gasteiger partial charge in [0.1, 0.15) is 22.9 Å². The Balaban J connectivity index is 1.93. The second-order valence-corrected chi connectivity index (χ2v) is 7.85. The SMILES string of the molecule is CCCCCc1ccc(-c2c(O)cc(F)c(C(F)(F)Oc3ccc(OC(F)(F)F)c(F)c3)c2F)cc1. The highest BCUT2D eigenvalue weighted by Crippen LogP contribution is 2.42. The number of hydrogen-bond acceptors (Lipinski definition) is 3. The van der Waals surface area contributed by atoms with Gasteiger partial charge in [0.25, 0.3) is 0 Å². The van der Waals surface area contributed by atoms with E-state index in [1.54, 1.807) is 12.1 Å². The number of phenols is 1. The molecule has 0 atom stereocenters. The zero-order valence-electron chi connectivity index (χ0n) is 18.7. The number of hydrogen-bond donors (Lipinski definition) is 1. The Morgan fingerprint density at radius 3 is 2.06 bits per heavy atom. The normalized spacial score (nSPS) is 12.0. The van der Waals surface area contributed by atoms with E-state index in [9.17, 15) is 35.8 Å². The van der Waals surface area contributed by atoms with Gasteiger partial charge < -0.3 is 14.6 Å². The third kappa shape index (κ3) is 6.38. The number of aromatic hydroxyl groups is 1. The molecule has 0 bridgehead atoms. The average Bonchev–Trinajstić information content (AvgIpc) is 2.75. The Hall–Kier alpha value is -3.50. The lowest BCUT2D eigenvalue weighted by atomic mass is 9.97. The van der Waals surface area contributed by atoms with Crippen molar-refractivity contribution >= 4 is 0 Å². The highest BCUT2D eigenvalue weighted by molar-refractivity contribution is 5.72. The third-order valence-electron chi connectivity index (χ3n) is 5.18. The summed E-state index contributed by atoms with van der Waals surface area (Å²) in [7, 11) is 0. The molecule has 36 heavy (non-hydrogen) atoms. The van der Waals surface area contributed by atoms with E-state index >= 15 is 4.39 Å². The van der Waals surface area contributed by atoms with Crippen LogP contribution in [0.3, 0.4) is 0 Å². The van der Waals surface area contributed by atoms with Crippen LogP contribution in [0, 0.1) is 17.5 Å². The number of phenolic OH excluding ortho intramolecular Hbond substituents is 1. The summed E-state index contributed by atoms with van der Waals surface area (Å²) in [6.07, 6.45) is -6.35. The minimum absolute atomic E-state index is 0.0130. The Labute approximate surface area is 200 Å². The molecule has 0 heterocycles. The minimum Gasteiger partial charge on any atom is -0.507 e. The first-order chi connectivity index (χ1) is 16.8. The summed E-state index contributed by atoms with van der Waals surface area (Å²) in [5.74, 6) is -8.67. The van der Waals surface area contributed by atoms with Gasteiger partial charge in [0, 0.05) is 12.1 Å². The second kappa shape index (κ2) is 10.6. The fourth-order valence-corrected chi connectivity index (χ4v) is 3.52.